The number of hydrogen-bond acceptors (Lipinski definition) is 2. The molecule has 0 spiro atoms. The SMILES string of the molecule is C=CC1CCC(/C=C/c2ccc(OCC)c(F)c2C(F)(F)F)OC1. The second kappa shape index (κ2) is 7.83. The number of rotatable bonds is 5. The van der Waals surface area contributed by atoms with Crippen molar-refractivity contribution in [3.8, 4) is 5.75 Å². The van der Waals surface area contributed by atoms with Crippen LogP contribution < -0.4 is 4.74 Å². The third-order valence-corrected chi connectivity index (χ3v) is 3.89. The fraction of sp³-hybridized carbons (Fsp3) is 0.444. The van der Waals surface area contributed by atoms with Crippen molar-refractivity contribution in [1.82, 2.24) is 0 Å². The van der Waals surface area contributed by atoms with Crippen LogP contribution in [0, 0.1) is 11.7 Å². The molecule has 0 aliphatic carbocycles. The maximum atomic E-state index is 14.2. The molecule has 0 bridgehead atoms. The molecule has 0 saturated carbocycles. The van der Waals surface area contributed by atoms with Crippen molar-refractivity contribution < 1.29 is 27.0 Å². The molecular weight excluding hydrogens is 324 g/mol. The fourth-order valence-corrected chi connectivity index (χ4v) is 2.61. The molecule has 1 saturated heterocycles. The van der Waals surface area contributed by atoms with E-state index in [2.05, 4.69) is 6.58 Å². The van der Waals surface area contributed by atoms with Crippen LogP contribution in [-0.2, 0) is 10.9 Å². The maximum Gasteiger partial charge on any atom is 0.419 e. The van der Waals surface area contributed by atoms with Crippen LogP contribution in [0.25, 0.3) is 6.08 Å². The van der Waals surface area contributed by atoms with Crippen LogP contribution >= 0.6 is 0 Å². The molecule has 0 aromatic heterocycles. The van der Waals surface area contributed by atoms with Gasteiger partial charge in [0, 0.05) is 5.92 Å². The van der Waals surface area contributed by atoms with E-state index < -0.39 is 23.3 Å². The molecule has 6 heteroatoms. The third-order valence-electron chi connectivity index (χ3n) is 3.89. The van der Waals surface area contributed by atoms with E-state index in [4.69, 9.17) is 9.47 Å². The van der Waals surface area contributed by atoms with Crippen molar-refractivity contribution in [3.05, 3.63) is 47.8 Å². The number of halogens is 4. The van der Waals surface area contributed by atoms with Crippen molar-refractivity contribution >= 4 is 6.08 Å². The van der Waals surface area contributed by atoms with Gasteiger partial charge in [0.15, 0.2) is 11.6 Å². The highest BCUT2D eigenvalue weighted by molar-refractivity contribution is 5.57. The van der Waals surface area contributed by atoms with E-state index in [1.165, 1.54) is 18.2 Å². The molecule has 1 aromatic carbocycles. The van der Waals surface area contributed by atoms with Crippen molar-refractivity contribution in [2.75, 3.05) is 13.2 Å². The van der Waals surface area contributed by atoms with E-state index in [0.717, 1.165) is 6.42 Å². The van der Waals surface area contributed by atoms with Gasteiger partial charge in [0.1, 0.15) is 5.56 Å². The van der Waals surface area contributed by atoms with Crippen LogP contribution in [0.4, 0.5) is 17.6 Å². The number of ether oxygens (including phenoxy) is 2. The lowest BCUT2D eigenvalue weighted by Crippen LogP contribution is -2.23. The molecule has 2 rings (SSSR count). The van der Waals surface area contributed by atoms with Gasteiger partial charge in [-0.1, -0.05) is 24.3 Å². The van der Waals surface area contributed by atoms with Gasteiger partial charge in [-0.2, -0.15) is 13.2 Å². The number of hydrogen-bond donors (Lipinski definition) is 0. The molecular formula is C18H20F4O2. The molecule has 0 radical (unpaired) electrons. The standard InChI is InChI=1S/C18H20F4O2/c1-3-12-5-8-14(24-11-12)9-6-13-7-10-15(23-4-2)17(19)16(13)18(20,21)22/h3,6-7,9-10,12,14H,1,4-5,8,11H2,2H3/b9-6+. The summed E-state index contributed by atoms with van der Waals surface area (Å²) < 4.78 is 64.3. The van der Waals surface area contributed by atoms with E-state index in [1.54, 1.807) is 13.0 Å². The van der Waals surface area contributed by atoms with Gasteiger partial charge >= 0.3 is 6.18 Å². The number of alkyl halides is 3. The van der Waals surface area contributed by atoms with Crippen LogP contribution in [0.2, 0.25) is 0 Å². The zero-order valence-corrected chi connectivity index (χ0v) is 13.4. The summed E-state index contributed by atoms with van der Waals surface area (Å²) in [6.07, 6.45) is 1.08. The van der Waals surface area contributed by atoms with Crippen LogP contribution in [-0.4, -0.2) is 19.3 Å². The Hall–Kier alpha value is -1.82. The molecule has 1 aliphatic heterocycles. The first-order chi connectivity index (χ1) is 11.4. The normalized spacial score (nSPS) is 21.9. The van der Waals surface area contributed by atoms with E-state index in [0.29, 0.717) is 13.0 Å². The molecule has 0 N–H and O–H groups in total. The molecule has 1 heterocycles. The molecule has 132 valence electrons. The average molecular weight is 344 g/mol. The van der Waals surface area contributed by atoms with Crippen LogP contribution in [0.5, 0.6) is 5.75 Å². The second-order valence-electron chi connectivity index (χ2n) is 5.58. The third kappa shape index (κ3) is 4.38. The molecule has 2 unspecified atom stereocenters. The van der Waals surface area contributed by atoms with Crippen LogP contribution in [0.1, 0.15) is 30.9 Å². The lowest BCUT2D eigenvalue weighted by Gasteiger charge is -2.25. The first-order valence-corrected chi connectivity index (χ1v) is 7.81. The van der Waals surface area contributed by atoms with Gasteiger partial charge in [-0.3, -0.25) is 0 Å². The molecule has 1 aromatic rings. The average Bonchev–Trinajstić information content (AvgIpc) is 2.54. The van der Waals surface area contributed by atoms with Crippen LogP contribution in [0.15, 0.2) is 30.9 Å². The van der Waals surface area contributed by atoms with Crippen LogP contribution in [0.3, 0.4) is 0 Å². The Morgan fingerprint density at radius 1 is 1.33 bits per heavy atom. The summed E-state index contributed by atoms with van der Waals surface area (Å²) in [6.45, 7) is 5.85. The Balaban J connectivity index is 2.25. The largest absolute Gasteiger partial charge is 0.491 e. The summed E-state index contributed by atoms with van der Waals surface area (Å²) in [6, 6.07) is 2.42. The summed E-state index contributed by atoms with van der Waals surface area (Å²) >= 11 is 0. The Labute approximate surface area is 138 Å². The summed E-state index contributed by atoms with van der Waals surface area (Å²) in [5.41, 5.74) is -1.55. The predicted octanol–water partition coefficient (Wildman–Crippen LogP) is 5.24. The molecule has 0 amide bonds. The van der Waals surface area contributed by atoms with Gasteiger partial charge in [0.2, 0.25) is 0 Å². The zero-order chi connectivity index (χ0) is 17.7. The predicted molar refractivity (Wildman–Crippen MR) is 84.3 cm³/mol. The second-order valence-corrected chi connectivity index (χ2v) is 5.58. The van der Waals surface area contributed by atoms with Crippen molar-refractivity contribution in [3.63, 3.8) is 0 Å². The zero-order valence-electron chi connectivity index (χ0n) is 13.4. The van der Waals surface area contributed by atoms with Gasteiger partial charge < -0.3 is 9.47 Å². The topological polar surface area (TPSA) is 18.5 Å². The minimum absolute atomic E-state index is 0.0871. The lowest BCUT2D eigenvalue weighted by atomic mass is 9.97. The number of benzene rings is 1. The highest BCUT2D eigenvalue weighted by Crippen LogP contribution is 2.38. The minimum atomic E-state index is -4.81. The first kappa shape index (κ1) is 18.5. The van der Waals surface area contributed by atoms with E-state index in [9.17, 15) is 17.6 Å². The molecule has 1 fully saturated rings. The molecule has 2 nitrogen and oxygen atoms in total. The lowest BCUT2D eigenvalue weighted by molar-refractivity contribution is -0.140. The minimum Gasteiger partial charge on any atom is -0.491 e. The summed E-state index contributed by atoms with van der Waals surface area (Å²) in [5, 5.41) is 0. The van der Waals surface area contributed by atoms with Gasteiger partial charge in [0.25, 0.3) is 0 Å². The summed E-state index contributed by atoms with van der Waals surface area (Å²) in [7, 11) is 0. The Morgan fingerprint density at radius 3 is 2.62 bits per heavy atom. The van der Waals surface area contributed by atoms with E-state index in [-0.39, 0.29) is 24.2 Å². The molecule has 1 aliphatic rings. The van der Waals surface area contributed by atoms with Gasteiger partial charge in [-0.05, 0) is 31.4 Å². The molecule has 2 atom stereocenters. The van der Waals surface area contributed by atoms with Crippen molar-refractivity contribution in [1.29, 1.82) is 0 Å². The Bertz CT molecular complexity index is 600. The Morgan fingerprint density at radius 2 is 2.08 bits per heavy atom. The Kier molecular flexibility index (Phi) is 6.04. The maximum absolute atomic E-state index is 14.2. The summed E-state index contributed by atoms with van der Waals surface area (Å²) in [5.74, 6) is -1.52. The van der Waals surface area contributed by atoms with E-state index in [1.807, 2.05) is 6.08 Å². The van der Waals surface area contributed by atoms with Crippen molar-refractivity contribution in [2.24, 2.45) is 5.92 Å². The highest BCUT2D eigenvalue weighted by atomic mass is 19.4. The smallest absolute Gasteiger partial charge is 0.419 e. The van der Waals surface area contributed by atoms with E-state index >= 15 is 0 Å². The monoisotopic (exact) mass is 344 g/mol. The summed E-state index contributed by atoms with van der Waals surface area (Å²) in [4.78, 5) is 0. The van der Waals surface area contributed by atoms with Crippen molar-refractivity contribution in [2.45, 2.75) is 32.0 Å². The van der Waals surface area contributed by atoms with Gasteiger partial charge in [-0.15, -0.1) is 6.58 Å². The fourth-order valence-electron chi connectivity index (χ4n) is 2.61. The van der Waals surface area contributed by atoms with Gasteiger partial charge in [-0.25, -0.2) is 4.39 Å². The highest BCUT2D eigenvalue weighted by Gasteiger charge is 2.38. The van der Waals surface area contributed by atoms with Gasteiger partial charge in [0.05, 0.1) is 19.3 Å². The quantitative estimate of drug-likeness (QED) is 0.537. The first-order valence-electron chi connectivity index (χ1n) is 7.81. The molecule has 24 heavy (non-hydrogen) atoms.